The Morgan fingerprint density at radius 1 is 1.18 bits per heavy atom. The molecule has 0 unspecified atom stereocenters. The van der Waals surface area contributed by atoms with Gasteiger partial charge in [-0.3, -0.25) is 9.59 Å². The molecule has 40 heavy (non-hydrogen) atoms. The largest absolute Gasteiger partial charge is 0.507 e. The predicted octanol–water partition coefficient (Wildman–Crippen LogP) is 3.37. The first-order valence-electron chi connectivity index (χ1n) is 12.9. The highest BCUT2D eigenvalue weighted by atomic mass is 16.6. The van der Waals surface area contributed by atoms with Crippen LogP contribution in [-0.2, 0) is 25.4 Å². The average molecular weight is 561 g/mol. The van der Waals surface area contributed by atoms with Gasteiger partial charge in [0.2, 0.25) is 0 Å². The molecule has 0 saturated heterocycles. The number of aldehydes is 1. The van der Waals surface area contributed by atoms with Gasteiger partial charge in [0.05, 0.1) is 23.5 Å². The number of aromatic hydroxyl groups is 2. The number of anilines is 1. The van der Waals surface area contributed by atoms with Gasteiger partial charge in [0, 0.05) is 37.3 Å². The Hall–Kier alpha value is -3.67. The Bertz CT molecular complexity index is 1170. The second kappa shape index (κ2) is 14.6. The molecule has 0 aromatic heterocycles. The Balaban J connectivity index is 2.66. The molecule has 2 rings (SSSR count). The lowest BCUT2D eigenvalue weighted by Gasteiger charge is -2.29. The molecule has 220 valence electrons. The molecule has 0 spiro atoms. The molecule has 2 amide bonds. The van der Waals surface area contributed by atoms with E-state index in [-0.39, 0.29) is 40.5 Å². The van der Waals surface area contributed by atoms with Crippen LogP contribution in [0.4, 0.5) is 10.5 Å². The number of nitrogens with one attached hydrogen (secondary N) is 1. The summed E-state index contributed by atoms with van der Waals surface area (Å²) in [4.78, 5) is 36.3. The maximum atomic E-state index is 12.9. The number of methoxy groups -OCH3 is 2. The lowest BCUT2D eigenvalue weighted by Crippen LogP contribution is -2.37. The zero-order valence-corrected chi connectivity index (χ0v) is 23.7. The second-order valence-corrected chi connectivity index (χ2v) is 10.1. The summed E-state index contributed by atoms with van der Waals surface area (Å²) in [6.07, 6.45) is 2.97. The van der Waals surface area contributed by atoms with Crippen LogP contribution in [0.1, 0.15) is 50.0 Å². The number of aliphatic hydroxyl groups excluding tert-OH is 1. The molecule has 11 nitrogen and oxygen atoms in total. The second-order valence-electron chi connectivity index (χ2n) is 10.1. The third kappa shape index (κ3) is 8.17. The summed E-state index contributed by atoms with van der Waals surface area (Å²) in [6.45, 7) is 6.90. The summed E-state index contributed by atoms with van der Waals surface area (Å²) < 4.78 is 16.5. The number of amides is 2. The molecule has 1 aliphatic rings. The molecule has 6 atom stereocenters. The van der Waals surface area contributed by atoms with Crippen LogP contribution in [0, 0.1) is 11.8 Å². The highest BCUT2D eigenvalue weighted by Gasteiger charge is 2.30. The van der Waals surface area contributed by atoms with E-state index < -0.39 is 48.1 Å². The number of hydrogen-bond acceptors (Lipinski definition) is 9. The molecule has 1 aromatic rings. The van der Waals surface area contributed by atoms with E-state index in [1.54, 1.807) is 39.0 Å². The van der Waals surface area contributed by atoms with Gasteiger partial charge in [-0.1, -0.05) is 38.2 Å². The smallest absolute Gasteiger partial charge is 0.405 e. The van der Waals surface area contributed by atoms with Crippen molar-refractivity contribution < 1.29 is 43.9 Å². The van der Waals surface area contributed by atoms with Gasteiger partial charge in [-0.05, 0) is 38.2 Å². The van der Waals surface area contributed by atoms with E-state index in [2.05, 4.69) is 5.32 Å². The van der Waals surface area contributed by atoms with E-state index >= 15 is 0 Å². The zero-order valence-electron chi connectivity index (χ0n) is 23.7. The van der Waals surface area contributed by atoms with Crippen LogP contribution in [0.2, 0.25) is 0 Å². The van der Waals surface area contributed by atoms with Gasteiger partial charge in [-0.2, -0.15) is 0 Å². The number of allylic oxidation sites excluding steroid dienone is 2. The van der Waals surface area contributed by atoms with Gasteiger partial charge >= 0.3 is 6.09 Å². The number of ether oxygens (including phenoxy) is 3. The van der Waals surface area contributed by atoms with Gasteiger partial charge in [-0.15, -0.1) is 0 Å². The number of fused-ring (bicyclic) bond motifs is 2. The summed E-state index contributed by atoms with van der Waals surface area (Å²) in [7, 11) is 2.89. The van der Waals surface area contributed by atoms with Crippen molar-refractivity contribution in [1.29, 1.82) is 0 Å². The number of rotatable bonds is 4. The van der Waals surface area contributed by atoms with Gasteiger partial charge in [0.1, 0.15) is 17.6 Å². The number of carbonyl (C=O) groups is 3. The average Bonchev–Trinajstić information content (AvgIpc) is 2.90. The molecule has 0 saturated carbocycles. The minimum absolute atomic E-state index is 0.0635. The fraction of sp³-hybridized carbons (Fsp3) is 0.483. The minimum atomic E-state index is -1.01. The van der Waals surface area contributed by atoms with Crippen LogP contribution in [0.15, 0.2) is 41.5 Å². The first-order chi connectivity index (χ1) is 18.8. The molecule has 0 aliphatic carbocycles. The maximum absolute atomic E-state index is 12.9. The van der Waals surface area contributed by atoms with Crippen molar-refractivity contribution in [2.24, 2.45) is 17.6 Å². The highest BCUT2D eigenvalue weighted by Crippen LogP contribution is 2.38. The van der Waals surface area contributed by atoms with Crippen LogP contribution >= 0.6 is 0 Å². The number of aliphatic hydroxyl groups is 1. The molecule has 6 N–H and O–H groups in total. The number of phenolic OH excluding ortho intramolecular Hbond substituents is 2. The standard InChI is InChI=1S/C29H40N2O9/c1-15-10-19-20(14-32)22(33)13-21(26(19)35)31-28(36)16(2)8-7-9-23(38-5)27(40-29(30)37)18(4)12-17(3)25(34)24(11-15)39-6/h7-9,12-15,17,23-25,27,33-35H,10-11H2,1-6H3,(H2,30,37)(H,31,36)/b9-7-,16-8+,18-12+/t15-,17+,23+,24+,25-,27+/m1/s1. The molecule has 11 heteroatoms. The SMILES string of the molecule is CO[C@H]1/C=C\C=C(/C)C(=O)Nc2cc(O)c(C=O)c(c2O)C[C@@H](C)C[C@H](OC)[C@H](O)[C@@H](C)/C=C(\C)[C@@H]1OC(N)=O. The Labute approximate surface area is 234 Å². The number of benzene rings is 1. The third-order valence-corrected chi connectivity index (χ3v) is 6.99. The lowest BCUT2D eigenvalue weighted by molar-refractivity contribution is -0.112. The number of carbonyl (C=O) groups excluding carboxylic acids is 3. The summed E-state index contributed by atoms with van der Waals surface area (Å²) in [5.41, 5.74) is 6.16. The molecule has 0 fully saturated rings. The molecule has 2 bridgehead atoms. The van der Waals surface area contributed by atoms with Gasteiger partial charge in [-0.25, -0.2) is 4.79 Å². The molecular formula is C29H40N2O9. The minimum Gasteiger partial charge on any atom is -0.507 e. The molecule has 0 radical (unpaired) electrons. The van der Waals surface area contributed by atoms with Crippen molar-refractivity contribution in [3.8, 4) is 11.5 Å². The van der Waals surface area contributed by atoms with Crippen molar-refractivity contribution in [3.05, 3.63) is 52.6 Å². The maximum Gasteiger partial charge on any atom is 0.405 e. The predicted molar refractivity (Wildman–Crippen MR) is 149 cm³/mol. The quantitative estimate of drug-likeness (QED) is 0.160. The first-order valence-corrected chi connectivity index (χ1v) is 12.9. The highest BCUT2D eigenvalue weighted by molar-refractivity contribution is 6.05. The molecule has 1 aliphatic heterocycles. The van der Waals surface area contributed by atoms with Gasteiger partial charge in [0.15, 0.2) is 12.4 Å². The van der Waals surface area contributed by atoms with E-state index in [9.17, 15) is 29.7 Å². The molecule has 1 aromatic carbocycles. The van der Waals surface area contributed by atoms with Gasteiger partial charge in [0.25, 0.3) is 5.91 Å². The third-order valence-electron chi connectivity index (χ3n) is 6.99. The fourth-order valence-corrected chi connectivity index (χ4v) is 4.76. The van der Waals surface area contributed by atoms with Crippen molar-refractivity contribution in [3.63, 3.8) is 0 Å². The van der Waals surface area contributed by atoms with Crippen molar-refractivity contribution in [1.82, 2.24) is 0 Å². The van der Waals surface area contributed by atoms with Crippen LogP contribution < -0.4 is 11.1 Å². The summed E-state index contributed by atoms with van der Waals surface area (Å²) in [5.74, 6) is -1.98. The van der Waals surface area contributed by atoms with E-state index in [1.165, 1.54) is 20.3 Å². The van der Waals surface area contributed by atoms with Crippen LogP contribution in [0.5, 0.6) is 11.5 Å². The Morgan fingerprint density at radius 3 is 2.42 bits per heavy atom. The zero-order chi connectivity index (χ0) is 30.1. The number of primary amides is 1. The number of hydrogen-bond donors (Lipinski definition) is 5. The van der Waals surface area contributed by atoms with Gasteiger partial charge < -0.3 is 40.6 Å². The Kier molecular flexibility index (Phi) is 11.9. The topological polar surface area (TPSA) is 178 Å². The normalized spacial score (nSPS) is 30.2. The molecular weight excluding hydrogens is 520 g/mol. The van der Waals surface area contributed by atoms with E-state index in [0.717, 1.165) is 6.07 Å². The van der Waals surface area contributed by atoms with Crippen LogP contribution in [-0.4, -0.2) is 72.2 Å². The summed E-state index contributed by atoms with van der Waals surface area (Å²) in [6, 6.07) is 1.11. The lowest BCUT2D eigenvalue weighted by atomic mass is 9.87. The fourth-order valence-electron chi connectivity index (χ4n) is 4.76. The van der Waals surface area contributed by atoms with Crippen LogP contribution in [0.3, 0.4) is 0 Å². The van der Waals surface area contributed by atoms with E-state index in [4.69, 9.17) is 19.9 Å². The number of nitrogens with two attached hydrogens (primary N) is 1. The summed E-state index contributed by atoms with van der Waals surface area (Å²) >= 11 is 0. The summed E-state index contributed by atoms with van der Waals surface area (Å²) in [5, 5.41) is 35.2. The van der Waals surface area contributed by atoms with Crippen LogP contribution in [0.25, 0.3) is 0 Å². The Morgan fingerprint density at radius 2 is 1.85 bits per heavy atom. The van der Waals surface area contributed by atoms with E-state index in [0.29, 0.717) is 18.3 Å². The van der Waals surface area contributed by atoms with Crippen molar-refractivity contribution in [2.45, 2.75) is 65.0 Å². The van der Waals surface area contributed by atoms with Crippen molar-refractivity contribution >= 4 is 24.0 Å². The van der Waals surface area contributed by atoms with Crippen molar-refractivity contribution in [2.75, 3.05) is 19.5 Å². The monoisotopic (exact) mass is 560 g/mol. The first kappa shape index (κ1) is 32.5. The number of phenols is 2. The molecule has 1 heterocycles. The van der Waals surface area contributed by atoms with E-state index in [1.807, 2.05) is 6.92 Å².